The van der Waals surface area contributed by atoms with E-state index in [2.05, 4.69) is 20.4 Å². The SMILES string of the molecule is Cc1ccc(F)cc1NC(=O)c1nc2nc(-c3ccc(F)cc3)cc(C(F)(F)F)n2n1. The number of alkyl halides is 3. The number of amides is 1. The third-order valence-corrected chi connectivity index (χ3v) is 4.39. The first-order chi connectivity index (χ1) is 14.6. The molecule has 0 aliphatic heterocycles. The topological polar surface area (TPSA) is 72.2 Å². The van der Waals surface area contributed by atoms with E-state index in [1.165, 1.54) is 24.3 Å². The van der Waals surface area contributed by atoms with E-state index in [0.717, 1.165) is 24.3 Å². The van der Waals surface area contributed by atoms with Crippen molar-refractivity contribution in [3.05, 3.63) is 77.2 Å². The number of halogens is 5. The van der Waals surface area contributed by atoms with Gasteiger partial charge in [-0.15, -0.1) is 5.10 Å². The van der Waals surface area contributed by atoms with Crippen LogP contribution in [0.3, 0.4) is 0 Å². The molecule has 0 aliphatic rings. The standard InChI is InChI=1S/C20H12F5N5O/c1-10-2-5-13(22)8-14(10)26-18(31)17-28-19-27-15(11-3-6-12(21)7-4-11)9-16(20(23,24)25)30(19)29-17/h2-9H,1H3,(H,26,31). The molecule has 31 heavy (non-hydrogen) atoms. The molecule has 1 amide bonds. The number of hydrogen-bond acceptors (Lipinski definition) is 4. The maximum Gasteiger partial charge on any atom is 0.433 e. The zero-order valence-corrected chi connectivity index (χ0v) is 15.7. The number of nitrogens with one attached hydrogen (secondary N) is 1. The molecule has 0 spiro atoms. The minimum absolute atomic E-state index is 0.125. The van der Waals surface area contributed by atoms with Crippen molar-refractivity contribution in [1.82, 2.24) is 19.6 Å². The fourth-order valence-electron chi connectivity index (χ4n) is 2.84. The van der Waals surface area contributed by atoms with Gasteiger partial charge in [-0.05, 0) is 55.0 Å². The summed E-state index contributed by atoms with van der Waals surface area (Å²) in [5, 5.41) is 6.00. The van der Waals surface area contributed by atoms with Gasteiger partial charge in [0, 0.05) is 11.3 Å². The Balaban J connectivity index is 1.79. The zero-order chi connectivity index (χ0) is 22.3. The van der Waals surface area contributed by atoms with E-state index >= 15 is 0 Å². The molecule has 11 heteroatoms. The largest absolute Gasteiger partial charge is 0.433 e. The zero-order valence-electron chi connectivity index (χ0n) is 15.7. The molecule has 0 bridgehead atoms. The van der Waals surface area contributed by atoms with E-state index < -0.39 is 41.0 Å². The van der Waals surface area contributed by atoms with Gasteiger partial charge in [0.2, 0.25) is 5.82 Å². The lowest BCUT2D eigenvalue weighted by molar-refractivity contribution is -0.142. The van der Waals surface area contributed by atoms with E-state index in [1.54, 1.807) is 6.92 Å². The van der Waals surface area contributed by atoms with Crippen molar-refractivity contribution in [3.8, 4) is 11.3 Å². The summed E-state index contributed by atoms with van der Waals surface area (Å²) < 4.78 is 67.8. The number of benzene rings is 2. The average Bonchev–Trinajstić information content (AvgIpc) is 3.14. The molecule has 4 aromatic rings. The molecular weight excluding hydrogens is 421 g/mol. The highest BCUT2D eigenvalue weighted by Gasteiger charge is 2.36. The van der Waals surface area contributed by atoms with Gasteiger partial charge in [0.25, 0.3) is 11.7 Å². The van der Waals surface area contributed by atoms with Crippen LogP contribution in [-0.2, 0) is 6.18 Å². The second-order valence-electron chi connectivity index (χ2n) is 6.59. The molecule has 0 atom stereocenters. The molecule has 0 unspecified atom stereocenters. The summed E-state index contributed by atoms with van der Waals surface area (Å²) in [6.07, 6.45) is -4.84. The number of hydrogen-bond donors (Lipinski definition) is 1. The van der Waals surface area contributed by atoms with E-state index in [9.17, 15) is 26.7 Å². The Bertz CT molecular complexity index is 1300. The minimum Gasteiger partial charge on any atom is -0.319 e. The average molecular weight is 433 g/mol. The van der Waals surface area contributed by atoms with Crippen molar-refractivity contribution in [3.63, 3.8) is 0 Å². The summed E-state index contributed by atoms with van der Waals surface area (Å²) in [6.45, 7) is 1.62. The van der Waals surface area contributed by atoms with Gasteiger partial charge in [0.15, 0.2) is 5.69 Å². The summed E-state index contributed by atoms with van der Waals surface area (Å²) in [6, 6.07) is 9.13. The lowest BCUT2D eigenvalue weighted by Gasteiger charge is -2.10. The van der Waals surface area contributed by atoms with Crippen LogP contribution in [-0.4, -0.2) is 25.5 Å². The van der Waals surface area contributed by atoms with Gasteiger partial charge < -0.3 is 5.32 Å². The predicted octanol–water partition coefficient (Wildman–Crippen LogP) is 4.65. The summed E-state index contributed by atoms with van der Waals surface area (Å²) in [5.74, 6) is -3.16. The Labute approximate surface area is 171 Å². The molecule has 2 aromatic heterocycles. The second kappa shape index (κ2) is 7.42. The first-order valence-electron chi connectivity index (χ1n) is 8.80. The summed E-state index contributed by atoms with van der Waals surface area (Å²) in [4.78, 5) is 20.3. The Hall–Kier alpha value is -3.89. The van der Waals surface area contributed by atoms with E-state index in [1.807, 2.05) is 0 Å². The molecule has 0 saturated carbocycles. The van der Waals surface area contributed by atoms with Gasteiger partial charge in [-0.3, -0.25) is 4.79 Å². The summed E-state index contributed by atoms with van der Waals surface area (Å²) in [5.41, 5.74) is -0.463. The molecule has 0 fully saturated rings. The fourth-order valence-corrected chi connectivity index (χ4v) is 2.84. The Morgan fingerprint density at radius 2 is 1.65 bits per heavy atom. The molecule has 0 aliphatic carbocycles. The molecule has 1 N–H and O–H groups in total. The second-order valence-corrected chi connectivity index (χ2v) is 6.59. The molecule has 6 nitrogen and oxygen atoms in total. The quantitative estimate of drug-likeness (QED) is 0.478. The van der Waals surface area contributed by atoms with Crippen molar-refractivity contribution in [2.75, 3.05) is 5.32 Å². The van der Waals surface area contributed by atoms with Crippen LogP contribution >= 0.6 is 0 Å². The van der Waals surface area contributed by atoms with Crippen LogP contribution in [0.25, 0.3) is 17.0 Å². The van der Waals surface area contributed by atoms with E-state index in [4.69, 9.17) is 0 Å². The number of aromatic nitrogens is 4. The lowest BCUT2D eigenvalue weighted by atomic mass is 10.1. The highest BCUT2D eigenvalue weighted by Crippen LogP contribution is 2.32. The molecule has 0 radical (unpaired) electrons. The number of aryl methyl sites for hydroxylation is 1. The number of nitrogens with zero attached hydrogens (tertiary/aromatic N) is 4. The minimum atomic E-state index is -4.84. The normalized spacial score (nSPS) is 11.7. The van der Waals surface area contributed by atoms with Crippen molar-refractivity contribution >= 4 is 17.4 Å². The third kappa shape index (κ3) is 4.06. The van der Waals surface area contributed by atoms with Crippen LogP contribution in [0.4, 0.5) is 27.6 Å². The van der Waals surface area contributed by atoms with Crippen LogP contribution in [0, 0.1) is 18.6 Å². The maximum atomic E-state index is 13.6. The smallest absolute Gasteiger partial charge is 0.319 e. The number of anilines is 1. The van der Waals surface area contributed by atoms with Gasteiger partial charge in [0.05, 0.1) is 5.69 Å². The highest BCUT2D eigenvalue weighted by atomic mass is 19.4. The van der Waals surface area contributed by atoms with Crippen LogP contribution < -0.4 is 5.32 Å². The van der Waals surface area contributed by atoms with Gasteiger partial charge >= 0.3 is 6.18 Å². The first-order valence-corrected chi connectivity index (χ1v) is 8.80. The lowest BCUT2D eigenvalue weighted by Crippen LogP contribution is -2.16. The monoisotopic (exact) mass is 433 g/mol. The summed E-state index contributed by atoms with van der Waals surface area (Å²) in [7, 11) is 0. The number of rotatable bonds is 3. The predicted molar refractivity (Wildman–Crippen MR) is 100 cm³/mol. The molecule has 158 valence electrons. The van der Waals surface area contributed by atoms with Crippen LogP contribution in [0.15, 0.2) is 48.5 Å². The van der Waals surface area contributed by atoms with Gasteiger partial charge in [0.1, 0.15) is 11.6 Å². The summed E-state index contributed by atoms with van der Waals surface area (Å²) >= 11 is 0. The Morgan fingerprint density at radius 1 is 0.968 bits per heavy atom. The van der Waals surface area contributed by atoms with E-state index in [-0.39, 0.29) is 16.9 Å². The Kier molecular flexibility index (Phi) is 4.88. The van der Waals surface area contributed by atoms with E-state index in [0.29, 0.717) is 10.1 Å². The van der Waals surface area contributed by atoms with Crippen LogP contribution in [0.1, 0.15) is 21.9 Å². The van der Waals surface area contributed by atoms with Crippen molar-refractivity contribution in [1.29, 1.82) is 0 Å². The van der Waals surface area contributed by atoms with Gasteiger partial charge in [-0.1, -0.05) is 6.07 Å². The first kappa shape index (κ1) is 20.4. The van der Waals surface area contributed by atoms with Crippen LogP contribution in [0.2, 0.25) is 0 Å². The number of carbonyl (C=O) groups excluding carboxylic acids is 1. The molecular formula is C20H12F5N5O. The molecule has 4 rings (SSSR count). The molecule has 2 heterocycles. The molecule has 2 aromatic carbocycles. The van der Waals surface area contributed by atoms with Crippen molar-refractivity contribution in [2.45, 2.75) is 13.1 Å². The maximum absolute atomic E-state index is 13.6. The van der Waals surface area contributed by atoms with Crippen molar-refractivity contribution < 1.29 is 26.7 Å². The highest BCUT2D eigenvalue weighted by molar-refractivity contribution is 6.02. The number of fused-ring (bicyclic) bond motifs is 1. The van der Waals surface area contributed by atoms with Crippen molar-refractivity contribution in [2.24, 2.45) is 0 Å². The molecule has 0 saturated heterocycles. The number of carbonyl (C=O) groups is 1. The Morgan fingerprint density at radius 3 is 2.32 bits per heavy atom. The van der Waals surface area contributed by atoms with Gasteiger partial charge in [-0.25, -0.2) is 13.8 Å². The fraction of sp³-hybridized carbons (Fsp3) is 0.100. The van der Waals surface area contributed by atoms with Gasteiger partial charge in [-0.2, -0.15) is 22.7 Å². The third-order valence-electron chi connectivity index (χ3n) is 4.39. The van der Waals surface area contributed by atoms with Crippen LogP contribution in [0.5, 0.6) is 0 Å².